The molecule has 30 heavy (non-hydrogen) atoms. The van der Waals surface area contributed by atoms with Gasteiger partial charge in [0.2, 0.25) is 0 Å². The van der Waals surface area contributed by atoms with E-state index in [1.165, 1.54) is 30.4 Å². The molecule has 2 aromatic rings. The second kappa shape index (κ2) is 9.92. The molecule has 0 bridgehead atoms. The summed E-state index contributed by atoms with van der Waals surface area (Å²) in [6.45, 7) is 6.79. The zero-order valence-electron chi connectivity index (χ0n) is 18.1. The number of halogens is 1. The lowest BCUT2D eigenvalue weighted by atomic mass is 9.68. The van der Waals surface area contributed by atoms with Crippen LogP contribution >= 0.6 is 12.4 Å². The molecule has 0 unspecified atom stereocenters. The average molecular weight is 432 g/mol. The smallest absolute Gasteiger partial charge is 0.273 e. The van der Waals surface area contributed by atoms with Crippen molar-refractivity contribution < 1.29 is 4.79 Å². The largest absolute Gasteiger partial charge is 0.350 e. The Morgan fingerprint density at radius 2 is 1.87 bits per heavy atom. The van der Waals surface area contributed by atoms with Crippen LogP contribution < -0.4 is 10.6 Å². The number of nitrogens with one attached hydrogen (secondary N) is 2. The molecule has 2 aliphatic rings. The van der Waals surface area contributed by atoms with Gasteiger partial charge >= 0.3 is 0 Å². The van der Waals surface area contributed by atoms with Gasteiger partial charge in [-0.15, -0.1) is 17.5 Å². The van der Waals surface area contributed by atoms with E-state index in [1.807, 2.05) is 11.6 Å². The van der Waals surface area contributed by atoms with E-state index in [0.29, 0.717) is 18.3 Å². The van der Waals surface area contributed by atoms with Crippen LogP contribution in [0.2, 0.25) is 0 Å². The molecule has 2 N–H and O–H groups in total. The monoisotopic (exact) mass is 431 g/mol. The molecule has 0 atom stereocenters. The quantitative estimate of drug-likeness (QED) is 0.753. The Hall–Kier alpha value is -1.92. The van der Waals surface area contributed by atoms with Crippen LogP contribution in [0.15, 0.2) is 24.3 Å². The van der Waals surface area contributed by atoms with E-state index >= 15 is 0 Å². The second-order valence-corrected chi connectivity index (χ2v) is 8.79. The zero-order valence-corrected chi connectivity index (χ0v) is 18.9. The molecule has 1 aromatic heterocycles. The highest BCUT2D eigenvalue weighted by atomic mass is 35.5. The summed E-state index contributed by atoms with van der Waals surface area (Å²) in [5, 5.41) is 15.2. The fourth-order valence-electron chi connectivity index (χ4n) is 5.22. The first-order valence-electron chi connectivity index (χ1n) is 11.1. The van der Waals surface area contributed by atoms with E-state index in [4.69, 9.17) is 0 Å². The van der Waals surface area contributed by atoms with Crippen molar-refractivity contribution in [1.82, 2.24) is 25.6 Å². The Bertz CT molecular complexity index is 853. The lowest BCUT2D eigenvalue weighted by molar-refractivity contribution is 0.0930. The Kier molecular flexibility index (Phi) is 7.53. The Morgan fingerprint density at radius 3 is 2.57 bits per heavy atom. The number of rotatable bonds is 5. The van der Waals surface area contributed by atoms with Gasteiger partial charge in [0.1, 0.15) is 0 Å². The zero-order chi connectivity index (χ0) is 20.3. The highest BCUT2D eigenvalue weighted by Gasteiger charge is 2.35. The first kappa shape index (κ1) is 22.8. The van der Waals surface area contributed by atoms with Gasteiger partial charge in [-0.2, -0.15) is 0 Å². The van der Waals surface area contributed by atoms with E-state index in [1.54, 1.807) is 0 Å². The third-order valence-electron chi connectivity index (χ3n) is 6.91. The summed E-state index contributed by atoms with van der Waals surface area (Å²) in [6.07, 6.45) is 8.02. The fourth-order valence-corrected chi connectivity index (χ4v) is 5.22. The summed E-state index contributed by atoms with van der Waals surface area (Å²) in [4.78, 5) is 13.0. The Morgan fingerprint density at radius 1 is 1.17 bits per heavy atom. The summed E-state index contributed by atoms with van der Waals surface area (Å²) in [6, 6.07) is 8.97. The van der Waals surface area contributed by atoms with Crippen molar-refractivity contribution in [3.63, 3.8) is 0 Å². The van der Waals surface area contributed by atoms with E-state index in [0.717, 1.165) is 44.5 Å². The molecule has 1 aliphatic carbocycles. The second-order valence-electron chi connectivity index (χ2n) is 8.79. The molecule has 6 nitrogen and oxygen atoms in total. The number of nitrogens with zero attached hydrogens (tertiary/aromatic N) is 3. The predicted octanol–water partition coefficient (Wildman–Crippen LogP) is 3.87. The van der Waals surface area contributed by atoms with Crippen molar-refractivity contribution >= 4 is 18.3 Å². The predicted molar refractivity (Wildman–Crippen MR) is 121 cm³/mol. The summed E-state index contributed by atoms with van der Waals surface area (Å²) >= 11 is 0. The van der Waals surface area contributed by atoms with Crippen LogP contribution in [0.1, 0.15) is 78.3 Å². The maximum absolute atomic E-state index is 13.0. The number of hydrogen-bond donors (Lipinski definition) is 2. The van der Waals surface area contributed by atoms with Gasteiger partial charge in [0.15, 0.2) is 5.69 Å². The van der Waals surface area contributed by atoms with Gasteiger partial charge in [-0.05, 0) is 63.7 Å². The van der Waals surface area contributed by atoms with E-state index in [2.05, 4.69) is 52.1 Å². The normalized spacial score (nSPS) is 19.1. The van der Waals surface area contributed by atoms with Gasteiger partial charge in [-0.25, -0.2) is 4.68 Å². The number of carbonyl (C=O) groups is 1. The maximum atomic E-state index is 13.0. The van der Waals surface area contributed by atoms with Crippen molar-refractivity contribution in [2.45, 2.75) is 70.3 Å². The van der Waals surface area contributed by atoms with Crippen molar-refractivity contribution in [2.75, 3.05) is 19.6 Å². The molecule has 1 saturated carbocycles. The standard InChI is InChI=1S/C23H33N5O.ClH/c1-17-8-4-5-9-20(17)23(12-6-3-7-13-23)16-25-22(29)21-18(2)28(27-26-21)19-10-14-24-15-11-19;/h4-5,8-9,19,24H,3,6-7,10-16H2,1-2H3,(H,25,29);1H. The molecule has 2 fully saturated rings. The van der Waals surface area contributed by atoms with E-state index in [-0.39, 0.29) is 23.7 Å². The first-order chi connectivity index (χ1) is 14.1. The molecule has 2 heterocycles. The summed E-state index contributed by atoms with van der Waals surface area (Å²) < 4.78 is 1.95. The van der Waals surface area contributed by atoms with Crippen LogP contribution in [0.25, 0.3) is 0 Å². The highest BCUT2D eigenvalue weighted by Crippen LogP contribution is 2.40. The summed E-state index contributed by atoms with van der Waals surface area (Å²) in [5.74, 6) is -0.0961. The molecule has 7 heteroatoms. The lowest BCUT2D eigenvalue weighted by Gasteiger charge is -2.39. The van der Waals surface area contributed by atoms with Crippen LogP contribution in [-0.4, -0.2) is 40.5 Å². The van der Waals surface area contributed by atoms with Crippen LogP contribution in [-0.2, 0) is 5.41 Å². The third kappa shape index (κ3) is 4.54. The van der Waals surface area contributed by atoms with Gasteiger partial charge < -0.3 is 10.6 Å². The lowest BCUT2D eigenvalue weighted by Crippen LogP contribution is -2.43. The first-order valence-corrected chi connectivity index (χ1v) is 11.1. The topological polar surface area (TPSA) is 71.8 Å². The third-order valence-corrected chi connectivity index (χ3v) is 6.91. The Balaban J connectivity index is 0.00000256. The highest BCUT2D eigenvalue weighted by molar-refractivity contribution is 5.93. The van der Waals surface area contributed by atoms with Crippen LogP contribution in [0.5, 0.6) is 0 Å². The Labute approximate surface area is 185 Å². The van der Waals surface area contributed by atoms with E-state index in [9.17, 15) is 4.79 Å². The molecule has 0 radical (unpaired) electrons. The van der Waals surface area contributed by atoms with Gasteiger partial charge in [0, 0.05) is 12.0 Å². The van der Waals surface area contributed by atoms with Crippen molar-refractivity contribution in [2.24, 2.45) is 0 Å². The fraction of sp³-hybridized carbons (Fsp3) is 0.609. The minimum atomic E-state index is -0.0961. The molecular formula is C23H34ClN5O. The molecule has 1 aromatic carbocycles. The van der Waals surface area contributed by atoms with Crippen molar-refractivity contribution in [3.05, 3.63) is 46.8 Å². The summed E-state index contributed by atoms with van der Waals surface area (Å²) in [7, 11) is 0. The van der Waals surface area contributed by atoms with Crippen LogP contribution in [0.4, 0.5) is 0 Å². The minimum absolute atomic E-state index is 0. The van der Waals surface area contributed by atoms with Gasteiger partial charge in [-0.3, -0.25) is 4.79 Å². The van der Waals surface area contributed by atoms with Crippen LogP contribution in [0.3, 0.4) is 0 Å². The molecule has 1 saturated heterocycles. The molecule has 1 aliphatic heterocycles. The van der Waals surface area contributed by atoms with Gasteiger partial charge in [0.05, 0.1) is 11.7 Å². The van der Waals surface area contributed by atoms with E-state index < -0.39 is 0 Å². The number of carbonyl (C=O) groups excluding carboxylic acids is 1. The molecule has 4 rings (SSSR count). The number of aryl methyl sites for hydroxylation is 1. The SMILES string of the molecule is Cc1ccccc1C1(CNC(=O)c2nnn(C3CCNCC3)c2C)CCCCC1.Cl. The van der Waals surface area contributed by atoms with Crippen molar-refractivity contribution in [1.29, 1.82) is 0 Å². The minimum Gasteiger partial charge on any atom is -0.350 e. The molecular weight excluding hydrogens is 398 g/mol. The number of aromatic nitrogens is 3. The summed E-state index contributed by atoms with van der Waals surface area (Å²) in [5.41, 5.74) is 4.08. The number of amides is 1. The number of piperidine rings is 1. The average Bonchev–Trinajstić information content (AvgIpc) is 3.15. The number of benzene rings is 1. The van der Waals surface area contributed by atoms with Crippen molar-refractivity contribution in [3.8, 4) is 0 Å². The molecule has 164 valence electrons. The molecule has 0 spiro atoms. The number of hydrogen-bond acceptors (Lipinski definition) is 4. The van der Waals surface area contributed by atoms with Crippen LogP contribution in [0, 0.1) is 13.8 Å². The van der Waals surface area contributed by atoms with Gasteiger partial charge in [-0.1, -0.05) is 48.7 Å². The molecule has 1 amide bonds. The van der Waals surface area contributed by atoms with Gasteiger partial charge in [0.25, 0.3) is 5.91 Å². The maximum Gasteiger partial charge on any atom is 0.273 e.